The minimum Gasteiger partial charge on any atom is -0.493 e. The molecular weight excluding hydrogens is 434 g/mol. The van der Waals surface area contributed by atoms with Gasteiger partial charge in [-0.15, -0.1) is 0 Å². The second kappa shape index (κ2) is 8.49. The first kappa shape index (κ1) is 19.8. The van der Waals surface area contributed by atoms with E-state index < -0.39 is 0 Å². The molecule has 1 aliphatic carbocycles. The number of aryl methyl sites for hydroxylation is 2. The number of rotatable bonds is 7. The third kappa shape index (κ3) is 4.13. The molecule has 1 aromatic heterocycles. The van der Waals surface area contributed by atoms with E-state index in [1.807, 2.05) is 12.1 Å². The van der Waals surface area contributed by atoms with Gasteiger partial charge in [0.05, 0.1) is 26.9 Å². The number of fused-ring (bicyclic) bond motifs is 2. The van der Waals surface area contributed by atoms with Crippen molar-refractivity contribution < 1.29 is 18.7 Å². The molecule has 1 heterocycles. The SMILES string of the molecule is COc1cc(Br)c(CCNC(=O)Cc2coc3cc4c(cc23)CCC4)cc1OC. The van der Waals surface area contributed by atoms with E-state index in [9.17, 15) is 4.79 Å². The molecule has 0 radical (unpaired) electrons. The zero-order valence-electron chi connectivity index (χ0n) is 16.6. The molecule has 0 spiro atoms. The molecule has 0 atom stereocenters. The maximum absolute atomic E-state index is 12.5. The Morgan fingerprint density at radius 1 is 1.07 bits per heavy atom. The van der Waals surface area contributed by atoms with Crippen LogP contribution in [0.25, 0.3) is 11.0 Å². The predicted octanol–water partition coefficient (Wildman–Crippen LogP) is 4.60. The van der Waals surface area contributed by atoms with Crippen molar-refractivity contribution in [3.05, 3.63) is 57.3 Å². The molecule has 6 heteroatoms. The van der Waals surface area contributed by atoms with Crippen molar-refractivity contribution in [2.45, 2.75) is 32.1 Å². The Morgan fingerprint density at radius 2 is 1.79 bits per heavy atom. The van der Waals surface area contributed by atoms with E-state index in [0.717, 1.165) is 39.4 Å². The van der Waals surface area contributed by atoms with Crippen LogP contribution < -0.4 is 14.8 Å². The number of halogens is 1. The van der Waals surface area contributed by atoms with Gasteiger partial charge in [0.15, 0.2) is 11.5 Å². The summed E-state index contributed by atoms with van der Waals surface area (Å²) in [5.41, 5.74) is 5.64. The van der Waals surface area contributed by atoms with Crippen molar-refractivity contribution in [3.8, 4) is 11.5 Å². The first-order valence-corrected chi connectivity index (χ1v) is 10.6. The van der Waals surface area contributed by atoms with Crippen LogP contribution in [-0.4, -0.2) is 26.7 Å². The van der Waals surface area contributed by atoms with Crippen LogP contribution in [0.1, 0.15) is 28.7 Å². The fraction of sp³-hybridized carbons (Fsp3) is 0.348. The number of benzene rings is 2. The van der Waals surface area contributed by atoms with E-state index in [4.69, 9.17) is 13.9 Å². The number of amides is 1. The topological polar surface area (TPSA) is 60.7 Å². The second-order valence-corrected chi connectivity index (χ2v) is 8.16. The molecule has 3 aromatic rings. The van der Waals surface area contributed by atoms with Crippen molar-refractivity contribution in [1.29, 1.82) is 0 Å². The lowest BCUT2D eigenvalue weighted by Crippen LogP contribution is -2.27. The lowest BCUT2D eigenvalue weighted by atomic mass is 10.0. The normalized spacial score (nSPS) is 12.8. The number of carbonyl (C=O) groups excluding carboxylic acids is 1. The lowest BCUT2D eigenvalue weighted by molar-refractivity contribution is -0.120. The van der Waals surface area contributed by atoms with E-state index in [1.54, 1.807) is 20.5 Å². The number of hydrogen-bond acceptors (Lipinski definition) is 4. The van der Waals surface area contributed by atoms with E-state index in [1.165, 1.54) is 17.5 Å². The number of methoxy groups -OCH3 is 2. The summed E-state index contributed by atoms with van der Waals surface area (Å²) in [4.78, 5) is 12.5. The van der Waals surface area contributed by atoms with Gasteiger partial charge in [0, 0.05) is 22.0 Å². The molecule has 1 aliphatic rings. The van der Waals surface area contributed by atoms with E-state index >= 15 is 0 Å². The highest BCUT2D eigenvalue weighted by atomic mass is 79.9. The minimum absolute atomic E-state index is 0.00945. The molecule has 0 fully saturated rings. The minimum atomic E-state index is -0.00945. The summed E-state index contributed by atoms with van der Waals surface area (Å²) in [6.07, 6.45) is 6.15. The summed E-state index contributed by atoms with van der Waals surface area (Å²) in [7, 11) is 3.22. The molecule has 1 N–H and O–H groups in total. The molecule has 0 saturated heterocycles. The quantitative estimate of drug-likeness (QED) is 0.562. The molecule has 2 aromatic carbocycles. The summed E-state index contributed by atoms with van der Waals surface area (Å²) in [5.74, 6) is 1.34. The van der Waals surface area contributed by atoms with E-state index in [2.05, 4.69) is 33.4 Å². The van der Waals surface area contributed by atoms with Crippen LogP contribution in [0.3, 0.4) is 0 Å². The van der Waals surface area contributed by atoms with Gasteiger partial charge in [-0.1, -0.05) is 15.9 Å². The van der Waals surface area contributed by atoms with Crippen LogP contribution in [0.5, 0.6) is 11.5 Å². The Morgan fingerprint density at radius 3 is 2.55 bits per heavy atom. The zero-order chi connectivity index (χ0) is 20.4. The smallest absolute Gasteiger partial charge is 0.224 e. The maximum atomic E-state index is 12.5. The van der Waals surface area contributed by atoms with Gasteiger partial charge in [-0.2, -0.15) is 0 Å². The molecule has 1 amide bonds. The molecule has 0 aliphatic heterocycles. The standard InChI is InChI=1S/C23H24BrNO4/c1-27-21-10-16(19(24)12-22(21)28-2)6-7-25-23(26)11-17-13-29-20-9-15-5-3-4-14(15)8-18(17)20/h8-10,12-13H,3-7,11H2,1-2H3,(H,25,26). The molecule has 0 bridgehead atoms. The highest BCUT2D eigenvalue weighted by Gasteiger charge is 2.17. The first-order chi connectivity index (χ1) is 14.1. The number of ether oxygens (including phenoxy) is 2. The third-order valence-electron chi connectivity index (χ3n) is 5.49. The molecule has 4 rings (SSSR count). The lowest BCUT2D eigenvalue weighted by Gasteiger charge is -2.12. The monoisotopic (exact) mass is 457 g/mol. The van der Waals surface area contributed by atoms with Crippen LogP contribution in [-0.2, 0) is 30.5 Å². The van der Waals surface area contributed by atoms with Crippen LogP contribution in [0.2, 0.25) is 0 Å². The molecule has 5 nitrogen and oxygen atoms in total. The number of nitrogens with one attached hydrogen (secondary N) is 1. The Kier molecular flexibility index (Phi) is 5.81. The summed E-state index contributed by atoms with van der Waals surface area (Å²) < 4.78 is 17.3. The van der Waals surface area contributed by atoms with Crippen molar-refractivity contribution >= 4 is 32.8 Å². The van der Waals surface area contributed by atoms with Crippen LogP contribution in [0.4, 0.5) is 0 Å². The highest BCUT2D eigenvalue weighted by Crippen LogP contribution is 2.33. The van der Waals surface area contributed by atoms with E-state index in [-0.39, 0.29) is 5.91 Å². The van der Waals surface area contributed by atoms with E-state index in [0.29, 0.717) is 30.9 Å². The summed E-state index contributed by atoms with van der Waals surface area (Å²) in [5, 5.41) is 4.06. The van der Waals surface area contributed by atoms with Crippen molar-refractivity contribution in [2.75, 3.05) is 20.8 Å². The molecular formula is C23H24BrNO4. The van der Waals surface area contributed by atoms with Gasteiger partial charge in [-0.05, 0) is 66.6 Å². The highest BCUT2D eigenvalue weighted by molar-refractivity contribution is 9.10. The second-order valence-electron chi connectivity index (χ2n) is 7.31. The third-order valence-corrected chi connectivity index (χ3v) is 6.23. The van der Waals surface area contributed by atoms with Crippen molar-refractivity contribution in [3.63, 3.8) is 0 Å². The Hall–Kier alpha value is -2.47. The largest absolute Gasteiger partial charge is 0.493 e. The van der Waals surface area contributed by atoms with Gasteiger partial charge in [0.25, 0.3) is 0 Å². The fourth-order valence-corrected chi connectivity index (χ4v) is 4.47. The van der Waals surface area contributed by atoms with Gasteiger partial charge >= 0.3 is 0 Å². The molecule has 0 saturated carbocycles. The molecule has 0 unspecified atom stereocenters. The summed E-state index contributed by atoms with van der Waals surface area (Å²) in [6, 6.07) is 8.14. The fourth-order valence-electron chi connectivity index (χ4n) is 3.94. The van der Waals surface area contributed by atoms with Crippen LogP contribution >= 0.6 is 15.9 Å². The zero-order valence-corrected chi connectivity index (χ0v) is 18.2. The van der Waals surface area contributed by atoms with Gasteiger partial charge in [-0.3, -0.25) is 4.79 Å². The number of hydrogen-bond donors (Lipinski definition) is 1. The van der Waals surface area contributed by atoms with Crippen LogP contribution in [0.15, 0.2) is 39.4 Å². The Balaban J connectivity index is 1.38. The summed E-state index contributed by atoms with van der Waals surface area (Å²) in [6.45, 7) is 0.540. The van der Waals surface area contributed by atoms with Crippen molar-refractivity contribution in [1.82, 2.24) is 5.32 Å². The van der Waals surface area contributed by atoms with Crippen LogP contribution in [0, 0.1) is 0 Å². The summed E-state index contributed by atoms with van der Waals surface area (Å²) >= 11 is 3.56. The van der Waals surface area contributed by atoms with Gasteiger partial charge in [-0.25, -0.2) is 0 Å². The van der Waals surface area contributed by atoms with Gasteiger partial charge in [0.1, 0.15) is 5.58 Å². The van der Waals surface area contributed by atoms with Gasteiger partial charge in [0.2, 0.25) is 5.91 Å². The Bertz CT molecular complexity index is 1060. The average molecular weight is 458 g/mol. The predicted molar refractivity (Wildman–Crippen MR) is 116 cm³/mol. The first-order valence-electron chi connectivity index (χ1n) is 9.78. The molecule has 152 valence electrons. The average Bonchev–Trinajstić information content (AvgIpc) is 3.33. The number of carbonyl (C=O) groups is 1. The van der Waals surface area contributed by atoms with Gasteiger partial charge < -0.3 is 19.2 Å². The molecule has 29 heavy (non-hydrogen) atoms. The Labute approximate surface area is 178 Å². The number of furan rings is 1. The maximum Gasteiger partial charge on any atom is 0.224 e. The van der Waals surface area contributed by atoms with Crippen molar-refractivity contribution in [2.24, 2.45) is 0 Å².